The first kappa shape index (κ1) is 18.2. The molecule has 1 amide bonds. The first-order valence-corrected chi connectivity index (χ1v) is 8.32. The van der Waals surface area contributed by atoms with Gasteiger partial charge in [-0.15, -0.1) is 12.4 Å². The van der Waals surface area contributed by atoms with Crippen LogP contribution in [-0.4, -0.2) is 18.0 Å². The molecule has 1 aromatic carbocycles. The lowest BCUT2D eigenvalue weighted by atomic mass is 9.89. The van der Waals surface area contributed by atoms with E-state index in [-0.39, 0.29) is 30.2 Å². The number of amides is 1. The fraction of sp³-hybridized carbons (Fsp3) is 0.611. The number of carbonyl (C=O) groups excluding carboxylic acids is 1. The fourth-order valence-corrected chi connectivity index (χ4v) is 3.87. The average molecular weight is 341 g/mol. The minimum atomic E-state index is -0.214. The molecule has 0 radical (unpaired) electrons. The van der Waals surface area contributed by atoms with Crippen LogP contribution >= 0.6 is 12.4 Å². The zero-order valence-electron chi connectivity index (χ0n) is 13.8. The summed E-state index contributed by atoms with van der Waals surface area (Å²) in [5.74, 6) is 0.356. The summed E-state index contributed by atoms with van der Waals surface area (Å²) >= 11 is 0. The van der Waals surface area contributed by atoms with Gasteiger partial charge in [0.25, 0.3) is 0 Å². The second-order valence-electron chi connectivity index (χ2n) is 6.98. The lowest BCUT2D eigenvalue weighted by Crippen LogP contribution is -2.40. The van der Waals surface area contributed by atoms with E-state index in [1.165, 1.54) is 18.9 Å². The summed E-state index contributed by atoms with van der Waals surface area (Å²) in [4.78, 5) is 12.3. The predicted molar refractivity (Wildman–Crippen MR) is 92.2 cm³/mol. The normalized spacial score (nSPS) is 27.2. The third-order valence-corrected chi connectivity index (χ3v) is 5.12. The maximum atomic E-state index is 13.6. The molecule has 2 saturated heterocycles. The van der Waals surface area contributed by atoms with E-state index in [0.717, 1.165) is 18.4 Å². The number of carbonyl (C=O) groups is 1. The van der Waals surface area contributed by atoms with E-state index in [1.54, 1.807) is 13.0 Å². The van der Waals surface area contributed by atoms with Gasteiger partial charge in [-0.25, -0.2) is 4.39 Å². The van der Waals surface area contributed by atoms with Crippen LogP contribution in [0, 0.1) is 18.7 Å². The SMILES string of the molecule is Cc1ccc(C(C)NC(=O)CC2CC3CCC(C2)N3)cc1F.Cl. The highest BCUT2D eigenvalue weighted by Crippen LogP contribution is 2.32. The third-order valence-electron chi connectivity index (χ3n) is 5.12. The predicted octanol–water partition coefficient (Wildman–Crippen LogP) is 3.65. The van der Waals surface area contributed by atoms with Gasteiger partial charge in [0.05, 0.1) is 6.04 Å². The molecular formula is C18H26ClFN2O. The number of aryl methyl sites for hydroxylation is 1. The highest BCUT2D eigenvalue weighted by atomic mass is 35.5. The number of hydrogen-bond acceptors (Lipinski definition) is 2. The summed E-state index contributed by atoms with van der Waals surface area (Å²) in [6, 6.07) is 6.23. The Balaban J connectivity index is 0.00000192. The van der Waals surface area contributed by atoms with Crippen LogP contribution in [0.3, 0.4) is 0 Å². The molecule has 128 valence electrons. The monoisotopic (exact) mass is 340 g/mol. The molecule has 2 heterocycles. The van der Waals surface area contributed by atoms with E-state index in [2.05, 4.69) is 10.6 Å². The van der Waals surface area contributed by atoms with Crippen molar-refractivity contribution in [2.75, 3.05) is 0 Å². The van der Waals surface area contributed by atoms with Gasteiger partial charge in [-0.3, -0.25) is 4.79 Å². The molecule has 3 rings (SSSR count). The minimum Gasteiger partial charge on any atom is -0.350 e. The number of piperidine rings is 1. The topological polar surface area (TPSA) is 41.1 Å². The number of halogens is 2. The van der Waals surface area contributed by atoms with Crippen LogP contribution in [0.25, 0.3) is 0 Å². The summed E-state index contributed by atoms with van der Waals surface area (Å²) in [5, 5.41) is 6.61. The number of fused-ring (bicyclic) bond motifs is 2. The molecule has 2 N–H and O–H groups in total. The molecule has 3 unspecified atom stereocenters. The Kier molecular flexibility index (Phi) is 6.04. The second kappa shape index (κ2) is 7.63. The molecule has 3 nitrogen and oxygen atoms in total. The van der Waals surface area contributed by atoms with Crippen LogP contribution < -0.4 is 10.6 Å². The summed E-state index contributed by atoms with van der Waals surface area (Å²) in [6.07, 6.45) is 5.31. The molecule has 2 aliphatic heterocycles. The molecule has 1 aromatic rings. The largest absolute Gasteiger partial charge is 0.350 e. The molecular weight excluding hydrogens is 315 g/mol. The molecule has 0 saturated carbocycles. The standard InChI is InChI=1S/C18H25FN2O.ClH/c1-11-3-4-14(10-17(11)19)12(2)20-18(22)9-13-7-15-5-6-16(8-13)21-15;/h3-4,10,12-13,15-16,21H,5-9H2,1-2H3,(H,20,22);1H. The van der Waals surface area contributed by atoms with Crippen molar-refractivity contribution in [1.29, 1.82) is 0 Å². The quantitative estimate of drug-likeness (QED) is 0.878. The van der Waals surface area contributed by atoms with Crippen molar-refractivity contribution in [2.24, 2.45) is 5.92 Å². The number of rotatable bonds is 4. The summed E-state index contributed by atoms with van der Waals surface area (Å²) in [5.41, 5.74) is 1.45. The first-order chi connectivity index (χ1) is 10.5. The van der Waals surface area contributed by atoms with Crippen LogP contribution in [0.15, 0.2) is 18.2 Å². The lowest BCUT2D eigenvalue weighted by molar-refractivity contribution is -0.122. The first-order valence-electron chi connectivity index (χ1n) is 8.32. The Morgan fingerprint density at radius 2 is 2.00 bits per heavy atom. The molecule has 23 heavy (non-hydrogen) atoms. The van der Waals surface area contributed by atoms with Gasteiger partial charge in [0.1, 0.15) is 5.82 Å². The molecule has 2 fully saturated rings. The van der Waals surface area contributed by atoms with Gasteiger partial charge in [0.15, 0.2) is 0 Å². The Bertz CT molecular complexity index is 554. The zero-order valence-corrected chi connectivity index (χ0v) is 14.6. The van der Waals surface area contributed by atoms with Gasteiger partial charge in [0.2, 0.25) is 5.91 Å². The fourth-order valence-electron chi connectivity index (χ4n) is 3.87. The Hall–Kier alpha value is -1.13. The molecule has 3 atom stereocenters. The van der Waals surface area contributed by atoms with E-state index < -0.39 is 0 Å². The van der Waals surface area contributed by atoms with Crippen LogP contribution in [-0.2, 0) is 4.79 Å². The van der Waals surface area contributed by atoms with Crippen molar-refractivity contribution in [3.8, 4) is 0 Å². The molecule has 0 spiro atoms. The van der Waals surface area contributed by atoms with Crippen LogP contribution in [0.5, 0.6) is 0 Å². The van der Waals surface area contributed by atoms with Crippen molar-refractivity contribution in [3.63, 3.8) is 0 Å². The van der Waals surface area contributed by atoms with Crippen molar-refractivity contribution in [1.82, 2.24) is 10.6 Å². The van der Waals surface area contributed by atoms with Crippen molar-refractivity contribution in [3.05, 3.63) is 35.1 Å². The maximum Gasteiger partial charge on any atom is 0.220 e. The van der Waals surface area contributed by atoms with Gasteiger partial charge in [0, 0.05) is 18.5 Å². The van der Waals surface area contributed by atoms with E-state index in [1.807, 2.05) is 13.0 Å². The Labute approximate surface area is 143 Å². The second-order valence-corrected chi connectivity index (χ2v) is 6.98. The third kappa shape index (κ3) is 4.45. The number of hydrogen-bond donors (Lipinski definition) is 2. The Morgan fingerprint density at radius 3 is 2.61 bits per heavy atom. The Morgan fingerprint density at radius 1 is 1.35 bits per heavy atom. The summed E-state index contributed by atoms with van der Waals surface area (Å²) < 4.78 is 13.6. The summed E-state index contributed by atoms with van der Waals surface area (Å²) in [6.45, 7) is 3.65. The van der Waals surface area contributed by atoms with E-state index in [9.17, 15) is 9.18 Å². The van der Waals surface area contributed by atoms with Gasteiger partial charge in [-0.05, 0) is 62.6 Å². The van der Waals surface area contributed by atoms with E-state index in [0.29, 0.717) is 30.0 Å². The highest BCUT2D eigenvalue weighted by molar-refractivity contribution is 5.85. The van der Waals surface area contributed by atoms with Gasteiger partial charge in [-0.2, -0.15) is 0 Å². The molecule has 0 aliphatic carbocycles. The molecule has 2 aliphatic rings. The smallest absolute Gasteiger partial charge is 0.220 e. The van der Waals surface area contributed by atoms with Gasteiger partial charge in [-0.1, -0.05) is 12.1 Å². The number of benzene rings is 1. The van der Waals surface area contributed by atoms with E-state index in [4.69, 9.17) is 0 Å². The van der Waals surface area contributed by atoms with Crippen LogP contribution in [0.2, 0.25) is 0 Å². The highest BCUT2D eigenvalue weighted by Gasteiger charge is 2.34. The van der Waals surface area contributed by atoms with Gasteiger partial charge >= 0.3 is 0 Å². The van der Waals surface area contributed by atoms with Crippen molar-refractivity contribution < 1.29 is 9.18 Å². The van der Waals surface area contributed by atoms with Crippen LogP contribution in [0.1, 0.15) is 56.2 Å². The molecule has 0 aromatic heterocycles. The summed E-state index contributed by atoms with van der Waals surface area (Å²) in [7, 11) is 0. The van der Waals surface area contributed by atoms with Gasteiger partial charge < -0.3 is 10.6 Å². The number of nitrogens with one attached hydrogen (secondary N) is 2. The van der Waals surface area contributed by atoms with Crippen molar-refractivity contribution >= 4 is 18.3 Å². The maximum absolute atomic E-state index is 13.6. The van der Waals surface area contributed by atoms with Crippen LogP contribution in [0.4, 0.5) is 4.39 Å². The average Bonchev–Trinajstić information content (AvgIpc) is 2.80. The molecule has 5 heteroatoms. The zero-order chi connectivity index (χ0) is 15.7. The van der Waals surface area contributed by atoms with E-state index >= 15 is 0 Å². The van der Waals surface area contributed by atoms with Crippen molar-refractivity contribution in [2.45, 2.75) is 64.1 Å². The molecule has 2 bridgehead atoms. The minimum absolute atomic E-state index is 0. The lowest BCUT2D eigenvalue weighted by Gasteiger charge is -2.29.